The highest BCUT2D eigenvalue weighted by molar-refractivity contribution is 7.89. The number of benzene rings is 2. The van der Waals surface area contributed by atoms with Gasteiger partial charge in [-0.1, -0.05) is 53.5 Å². The van der Waals surface area contributed by atoms with E-state index in [0.29, 0.717) is 31.0 Å². The molecule has 0 spiro atoms. The molecular formula is C23H24Cl2N4O5S. The van der Waals surface area contributed by atoms with Crippen LogP contribution in [0, 0.1) is 0 Å². The summed E-state index contributed by atoms with van der Waals surface area (Å²) in [6.07, 6.45) is 1.71. The molecule has 9 nitrogen and oxygen atoms in total. The average molecular weight is 539 g/mol. The number of halogens is 2. The van der Waals surface area contributed by atoms with Gasteiger partial charge in [-0.15, -0.1) is 0 Å². The number of hydrogen-bond donors (Lipinski definition) is 1. The van der Waals surface area contributed by atoms with Gasteiger partial charge in [0.2, 0.25) is 15.9 Å². The third-order valence-corrected chi connectivity index (χ3v) is 7.82. The summed E-state index contributed by atoms with van der Waals surface area (Å²) in [7, 11) is -0.882. The van der Waals surface area contributed by atoms with E-state index in [1.165, 1.54) is 47.2 Å². The molecule has 2 aromatic carbocycles. The first-order valence-electron chi connectivity index (χ1n) is 10.5. The fourth-order valence-corrected chi connectivity index (χ4v) is 5.22. The van der Waals surface area contributed by atoms with Crippen LogP contribution in [0.3, 0.4) is 0 Å². The second kappa shape index (κ2) is 11.2. The van der Waals surface area contributed by atoms with Gasteiger partial charge < -0.3 is 10.0 Å². The van der Waals surface area contributed by atoms with Crippen molar-refractivity contribution in [2.45, 2.75) is 11.4 Å². The molecule has 0 aromatic heterocycles. The molecule has 1 aliphatic rings. The zero-order valence-electron chi connectivity index (χ0n) is 19.1. The summed E-state index contributed by atoms with van der Waals surface area (Å²) in [6, 6.07) is 11.3. The van der Waals surface area contributed by atoms with Crippen molar-refractivity contribution in [1.29, 1.82) is 0 Å². The predicted molar refractivity (Wildman–Crippen MR) is 134 cm³/mol. The topological polar surface area (TPSA) is 111 Å². The van der Waals surface area contributed by atoms with Gasteiger partial charge in [0, 0.05) is 43.8 Å². The van der Waals surface area contributed by atoms with E-state index in [1.807, 2.05) is 0 Å². The van der Waals surface area contributed by atoms with Gasteiger partial charge in [-0.3, -0.25) is 14.7 Å². The normalized spacial score (nSPS) is 14.0. The van der Waals surface area contributed by atoms with Crippen molar-refractivity contribution in [3.63, 3.8) is 0 Å². The number of carboxylic acid groups (broad SMARTS) is 1. The minimum atomic E-state index is -3.89. The van der Waals surface area contributed by atoms with Gasteiger partial charge in [0.25, 0.3) is 0 Å². The lowest BCUT2D eigenvalue weighted by molar-refractivity contribution is -0.125. The Bertz CT molecular complexity index is 1280. The zero-order chi connectivity index (χ0) is 25.8. The van der Waals surface area contributed by atoms with E-state index in [4.69, 9.17) is 23.2 Å². The molecule has 0 saturated heterocycles. The number of nitrogens with zero attached hydrogens (tertiary/aromatic N) is 4. The van der Waals surface area contributed by atoms with Crippen LogP contribution in [-0.2, 0) is 21.4 Å². The van der Waals surface area contributed by atoms with Crippen LogP contribution < -0.4 is 0 Å². The number of hydrogen-bond acceptors (Lipinski definition) is 5. The molecule has 0 fully saturated rings. The lowest BCUT2D eigenvalue weighted by Crippen LogP contribution is -2.33. The fraction of sp³-hybridized carbons (Fsp3) is 0.261. The van der Waals surface area contributed by atoms with Gasteiger partial charge in [0.15, 0.2) is 0 Å². The highest BCUT2D eigenvalue weighted by Crippen LogP contribution is 2.27. The lowest BCUT2D eigenvalue weighted by atomic mass is 10.1. The summed E-state index contributed by atoms with van der Waals surface area (Å²) in [4.78, 5) is 30.6. The Hall–Kier alpha value is -2.92. The molecule has 0 bridgehead atoms. The monoisotopic (exact) mass is 538 g/mol. The highest BCUT2D eigenvalue weighted by Gasteiger charge is 2.25. The minimum Gasteiger partial charge on any atom is -0.465 e. The highest BCUT2D eigenvalue weighted by atomic mass is 35.5. The molecule has 0 saturated carbocycles. The van der Waals surface area contributed by atoms with Gasteiger partial charge in [-0.25, -0.2) is 13.2 Å². The second-order valence-corrected chi connectivity index (χ2v) is 10.7. The molecule has 0 aliphatic carbocycles. The van der Waals surface area contributed by atoms with Crippen molar-refractivity contribution in [3.05, 3.63) is 75.8 Å². The third-order valence-electron chi connectivity index (χ3n) is 5.28. The second-order valence-electron chi connectivity index (χ2n) is 7.79. The van der Waals surface area contributed by atoms with Crippen LogP contribution in [-0.4, -0.2) is 79.2 Å². The number of likely N-dealkylation sites (N-methyl/N-ethyl adjacent to an activating group) is 2. The first-order valence-corrected chi connectivity index (χ1v) is 12.7. The predicted octanol–water partition coefficient (Wildman–Crippen LogP) is 3.57. The van der Waals surface area contributed by atoms with Crippen LogP contribution in [0.1, 0.15) is 11.1 Å². The molecule has 0 atom stereocenters. The Morgan fingerprint density at radius 3 is 2.49 bits per heavy atom. The van der Waals surface area contributed by atoms with Gasteiger partial charge in [0.05, 0.1) is 18.1 Å². The summed E-state index contributed by atoms with van der Waals surface area (Å²) in [5, 5.41) is 9.56. The third kappa shape index (κ3) is 6.40. The molecule has 2 aromatic rings. The fourth-order valence-electron chi connectivity index (χ4n) is 3.36. The minimum absolute atomic E-state index is 0.0400. The van der Waals surface area contributed by atoms with Crippen LogP contribution >= 0.6 is 23.2 Å². The number of rotatable bonds is 8. The van der Waals surface area contributed by atoms with Crippen molar-refractivity contribution < 1.29 is 23.1 Å². The average Bonchev–Trinajstić information content (AvgIpc) is 3.31. The summed E-state index contributed by atoms with van der Waals surface area (Å²) < 4.78 is 26.6. The van der Waals surface area contributed by atoms with Crippen molar-refractivity contribution in [1.82, 2.24) is 14.1 Å². The number of sulfonamides is 1. The standard InChI is InChI=1S/C23H24Cl2N4O5S/c1-27(15-16-5-7-17(8-6-16)22-26-11-13-29(22)23(31)32)21(30)4-3-12-28(2)35(33,34)20-14-18(24)9-10-19(20)25/h3-10,14H,11-13,15H2,1-2H3,(H,31,32)/b4-3+. The number of amidine groups is 1. The molecule has 2 amide bonds. The maximum absolute atomic E-state index is 12.7. The molecule has 1 N–H and O–H groups in total. The number of carbonyl (C=O) groups excluding carboxylic acids is 1. The van der Waals surface area contributed by atoms with E-state index in [0.717, 1.165) is 9.87 Å². The maximum atomic E-state index is 12.7. The van der Waals surface area contributed by atoms with Gasteiger partial charge >= 0.3 is 6.09 Å². The molecular weight excluding hydrogens is 515 g/mol. The Labute approximate surface area is 213 Å². The Balaban J connectivity index is 1.58. The van der Waals surface area contributed by atoms with Crippen LogP contribution in [0.15, 0.2) is 64.5 Å². The molecule has 1 aliphatic heterocycles. The summed E-state index contributed by atoms with van der Waals surface area (Å²) in [5.74, 6) is 0.104. The number of amides is 2. The van der Waals surface area contributed by atoms with Crippen molar-refractivity contribution in [2.24, 2.45) is 4.99 Å². The lowest BCUT2D eigenvalue weighted by Gasteiger charge is -2.18. The van der Waals surface area contributed by atoms with E-state index >= 15 is 0 Å². The van der Waals surface area contributed by atoms with Crippen molar-refractivity contribution in [3.8, 4) is 0 Å². The summed E-state index contributed by atoms with van der Waals surface area (Å²) >= 11 is 11.9. The zero-order valence-corrected chi connectivity index (χ0v) is 21.4. The summed E-state index contributed by atoms with van der Waals surface area (Å²) in [5.41, 5.74) is 1.53. The van der Waals surface area contributed by atoms with E-state index < -0.39 is 16.1 Å². The van der Waals surface area contributed by atoms with Crippen molar-refractivity contribution >= 4 is 51.1 Å². The maximum Gasteiger partial charge on any atom is 0.413 e. The first kappa shape index (κ1) is 26.7. The van der Waals surface area contributed by atoms with Crippen LogP contribution in [0.5, 0.6) is 0 Å². The molecule has 12 heteroatoms. The van der Waals surface area contributed by atoms with Crippen LogP contribution in [0.2, 0.25) is 10.0 Å². The number of aliphatic imine (C=N–C) groups is 1. The molecule has 0 unspecified atom stereocenters. The van der Waals surface area contributed by atoms with Crippen molar-refractivity contribution in [2.75, 3.05) is 33.7 Å². The molecule has 0 radical (unpaired) electrons. The van der Waals surface area contributed by atoms with Gasteiger partial charge in [0.1, 0.15) is 10.7 Å². The Morgan fingerprint density at radius 2 is 1.83 bits per heavy atom. The Morgan fingerprint density at radius 1 is 1.14 bits per heavy atom. The quantitative estimate of drug-likeness (QED) is 0.516. The van der Waals surface area contributed by atoms with E-state index in [1.54, 1.807) is 31.3 Å². The largest absolute Gasteiger partial charge is 0.465 e. The van der Waals surface area contributed by atoms with Crippen LogP contribution in [0.4, 0.5) is 4.79 Å². The molecule has 35 heavy (non-hydrogen) atoms. The summed E-state index contributed by atoms with van der Waals surface area (Å²) in [6.45, 7) is 1.03. The van der Waals surface area contributed by atoms with Gasteiger partial charge in [-0.2, -0.15) is 4.31 Å². The SMILES string of the molecule is CN(Cc1ccc(C2=NCCN2C(=O)O)cc1)C(=O)/C=C/CN(C)S(=O)(=O)c1cc(Cl)ccc1Cl. The molecule has 3 rings (SSSR count). The Kier molecular flexibility index (Phi) is 8.55. The molecule has 186 valence electrons. The number of carbonyl (C=O) groups is 2. The van der Waals surface area contributed by atoms with Gasteiger partial charge in [-0.05, 0) is 23.8 Å². The van der Waals surface area contributed by atoms with E-state index in [9.17, 15) is 23.1 Å². The van der Waals surface area contributed by atoms with Crippen LogP contribution in [0.25, 0.3) is 0 Å². The van der Waals surface area contributed by atoms with E-state index in [2.05, 4.69) is 4.99 Å². The van der Waals surface area contributed by atoms with E-state index in [-0.39, 0.29) is 27.4 Å². The smallest absolute Gasteiger partial charge is 0.413 e. The first-order chi connectivity index (χ1) is 16.5. The molecule has 1 heterocycles.